The maximum atomic E-state index is 14.5. The van der Waals surface area contributed by atoms with Crippen molar-refractivity contribution in [2.45, 2.75) is 33.7 Å². The molecule has 0 amide bonds. The Kier molecular flexibility index (Phi) is 5.50. The third-order valence-electron chi connectivity index (χ3n) is 5.49. The quantitative estimate of drug-likeness (QED) is 0.434. The van der Waals surface area contributed by atoms with Crippen LogP contribution in [-0.2, 0) is 0 Å². The van der Waals surface area contributed by atoms with Gasteiger partial charge in [-0.15, -0.1) is 0 Å². The van der Waals surface area contributed by atoms with Gasteiger partial charge in [-0.05, 0) is 63.6 Å². The number of anilines is 1. The van der Waals surface area contributed by atoms with Crippen molar-refractivity contribution < 1.29 is 8.81 Å². The summed E-state index contributed by atoms with van der Waals surface area (Å²) in [7, 11) is 0. The summed E-state index contributed by atoms with van der Waals surface area (Å²) in [5.41, 5.74) is 4.05. The number of aryl methyl sites for hydroxylation is 2. The lowest BCUT2D eigenvalue weighted by Gasteiger charge is -2.19. The Morgan fingerprint density at radius 1 is 1.12 bits per heavy atom. The third kappa shape index (κ3) is 3.74. The first-order valence-corrected chi connectivity index (χ1v) is 10.3. The highest BCUT2D eigenvalue weighted by Crippen LogP contribution is 2.33. The molecule has 4 rings (SSSR count). The molecule has 6 heteroatoms. The van der Waals surface area contributed by atoms with Gasteiger partial charge < -0.3 is 9.73 Å². The van der Waals surface area contributed by atoms with Gasteiger partial charge in [0.05, 0.1) is 22.7 Å². The van der Waals surface area contributed by atoms with E-state index in [0.717, 1.165) is 16.8 Å². The summed E-state index contributed by atoms with van der Waals surface area (Å²) in [6.45, 7) is 7.29. The average molecular weight is 427 g/mol. The molecular formula is C26H22FN3O2. The van der Waals surface area contributed by atoms with Crippen molar-refractivity contribution in [2.24, 2.45) is 0 Å². The van der Waals surface area contributed by atoms with Gasteiger partial charge in [-0.2, -0.15) is 5.26 Å². The highest BCUT2D eigenvalue weighted by atomic mass is 19.1. The lowest BCUT2D eigenvalue weighted by atomic mass is 9.98. The third-order valence-corrected chi connectivity index (χ3v) is 5.49. The highest BCUT2D eigenvalue weighted by Gasteiger charge is 2.20. The van der Waals surface area contributed by atoms with Gasteiger partial charge in [0.15, 0.2) is 11.1 Å². The minimum Gasteiger partial charge on any atom is -0.455 e. The molecule has 4 aromatic rings. The number of aromatic nitrogens is 1. The lowest BCUT2D eigenvalue weighted by Crippen LogP contribution is -2.13. The van der Waals surface area contributed by atoms with Gasteiger partial charge in [-0.1, -0.05) is 18.2 Å². The first-order chi connectivity index (χ1) is 15.3. The van der Waals surface area contributed by atoms with Gasteiger partial charge >= 0.3 is 0 Å². The van der Waals surface area contributed by atoms with Crippen LogP contribution in [0.3, 0.4) is 0 Å². The molecule has 0 saturated carbocycles. The second-order valence-electron chi connectivity index (χ2n) is 7.92. The van der Waals surface area contributed by atoms with Crippen molar-refractivity contribution in [3.05, 3.63) is 92.6 Å². The fourth-order valence-corrected chi connectivity index (χ4v) is 3.86. The van der Waals surface area contributed by atoms with Gasteiger partial charge in [0.2, 0.25) is 0 Å². The smallest absolute Gasteiger partial charge is 0.196 e. The average Bonchev–Trinajstić information content (AvgIpc) is 2.77. The van der Waals surface area contributed by atoms with Crippen molar-refractivity contribution in [3.8, 4) is 17.4 Å². The summed E-state index contributed by atoms with van der Waals surface area (Å²) in [5, 5.41) is 13.2. The molecule has 0 spiro atoms. The van der Waals surface area contributed by atoms with Gasteiger partial charge in [-0.3, -0.25) is 4.79 Å². The lowest BCUT2D eigenvalue weighted by molar-refractivity contribution is 0.586. The Hall–Kier alpha value is -3.98. The number of halogens is 1. The predicted molar refractivity (Wildman–Crippen MR) is 123 cm³/mol. The predicted octanol–water partition coefficient (Wildman–Crippen LogP) is 5.96. The number of benzene rings is 2. The second-order valence-corrected chi connectivity index (χ2v) is 7.92. The van der Waals surface area contributed by atoms with E-state index in [1.807, 2.05) is 32.9 Å². The molecule has 2 aromatic heterocycles. The molecule has 0 saturated heterocycles. The van der Waals surface area contributed by atoms with Crippen LogP contribution in [-0.4, -0.2) is 4.98 Å². The molecule has 0 aliphatic heterocycles. The molecule has 160 valence electrons. The normalized spacial score (nSPS) is 11.9. The molecule has 32 heavy (non-hydrogen) atoms. The molecule has 0 aliphatic carbocycles. The van der Waals surface area contributed by atoms with Gasteiger partial charge in [0.1, 0.15) is 23.2 Å². The Labute approximate surface area is 185 Å². The molecule has 1 unspecified atom stereocenters. The Bertz CT molecular complexity index is 1450. The molecule has 0 fully saturated rings. The van der Waals surface area contributed by atoms with Crippen LogP contribution in [0.1, 0.15) is 41.0 Å². The van der Waals surface area contributed by atoms with Crippen molar-refractivity contribution in [2.75, 3.05) is 5.32 Å². The van der Waals surface area contributed by atoms with Crippen LogP contribution >= 0.6 is 0 Å². The molecule has 0 bridgehead atoms. The minimum absolute atomic E-state index is 0.198. The number of pyridine rings is 1. The summed E-state index contributed by atoms with van der Waals surface area (Å²) < 4.78 is 20.7. The zero-order valence-corrected chi connectivity index (χ0v) is 18.3. The standard InChI is InChI=1S/C26H22FN3O2/c1-14-11-19(17(4)30-22-10-9-15(2)29-23(22)13-28)26-20(12-14)24(31)16(3)25(32-26)18-7-5-6-8-21(18)27/h5-12,17,30H,1-4H3. The number of rotatable bonds is 4. The molecule has 1 atom stereocenters. The SMILES string of the molecule is Cc1cc(C(C)Nc2ccc(C)nc2C#N)c2oc(-c3ccccc3F)c(C)c(=O)c2c1. The fraction of sp³-hybridized carbons (Fsp3) is 0.192. The number of fused-ring (bicyclic) bond motifs is 1. The van der Waals surface area contributed by atoms with Crippen molar-refractivity contribution in [3.63, 3.8) is 0 Å². The first kappa shape index (κ1) is 21.3. The van der Waals surface area contributed by atoms with Crippen LogP contribution in [0.15, 0.2) is 57.7 Å². The number of nitriles is 1. The van der Waals surface area contributed by atoms with E-state index in [1.165, 1.54) is 6.07 Å². The minimum atomic E-state index is -0.456. The van der Waals surface area contributed by atoms with E-state index in [-0.39, 0.29) is 28.5 Å². The molecular weight excluding hydrogens is 405 g/mol. The van der Waals surface area contributed by atoms with E-state index in [4.69, 9.17) is 4.42 Å². The number of hydrogen-bond donors (Lipinski definition) is 1. The Morgan fingerprint density at radius 2 is 1.88 bits per heavy atom. The van der Waals surface area contributed by atoms with Crippen LogP contribution in [0.4, 0.5) is 10.1 Å². The monoisotopic (exact) mass is 427 g/mol. The van der Waals surface area contributed by atoms with E-state index in [0.29, 0.717) is 22.2 Å². The van der Waals surface area contributed by atoms with Crippen molar-refractivity contribution in [1.82, 2.24) is 4.98 Å². The summed E-state index contributed by atoms with van der Waals surface area (Å²) >= 11 is 0. The van der Waals surface area contributed by atoms with E-state index >= 15 is 0 Å². The number of nitrogens with one attached hydrogen (secondary N) is 1. The molecule has 0 radical (unpaired) electrons. The highest BCUT2D eigenvalue weighted by molar-refractivity contribution is 5.84. The van der Waals surface area contributed by atoms with Gasteiger partial charge in [-0.25, -0.2) is 9.37 Å². The second kappa shape index (κ2) is 8.27. The summed E-state index contributed by atoms with van der Waals surface area (Å²) in [4.78, 5) is 17.5. The van der Waals surface area contributed by atoms with Crippen LogP contribution in [0.25, 0.3) is 22.3 Å². The van der Waals surface area contributed by atoms with Gasteiger partial charge in [0, 0.05) is 16.8 Å². The van der Waals surface area contributed by atoms with Crippen LogP contribution < -0.4 is 10.7 Å². The topological polar surface area (TPSA) is 78.9 Å². The molecule has 2 heterocycles. The zero-order valence-electron chi connectivity index (χ0n) is 18.3. The molecule has 5 nitrogen and oxygen atoms in total. The summed E-state index contributed by atoms with van der Waals surface area (Å²) in [6.07, 6.45) is 0. The number of hydrogen-bond acceptors (Lipinski definition) is 5. The van der Waals surface area contributed by atoms with Crippen molar-refractivity contribution >= 4 is 16.7 Å². The van der Waals surface area contributed by atoms with Crippen LogP contribution in [0.2, 0.25) is 0 Å². The van der Waals surface area contributed by atoms with E-state index in [9.17, 15) is 14.4 Å². The maximum Gasteiger partial charge on any atom is 0.196 e. The first-order valence-electron chi connectivity index (χ1n) is 10.3. The Balaban J connectivity index is 1.91. The van der Waals surface area contributed by atoms with E-state index in [2.05, 4.69) is 16.4 Å². The maximum absolute atomic E-state index is 14.5. The molecule has 1 N–H and O–H groups in total. The summed E-state index contributed by atoms with van der Waals surface area (Å²) in [5.74, 6) is -0.241. The van der Waals surface area contributed by atoms with Gasteiger partial charge in [0.25, 0.3) is 0 Å². The summed E-state index contributed by atoms with van der Waals surface area (Å²) in [6, 6.07) is 15.4. The van der Waals surface area contributed by atoms with Crippen LogP contribution in [0.5, 0.6) is 0 Å². The zero-order chi connectivity index (χ0) is 23.0. The fourth-order valence-electron chi connectivity index (χ4n) is 3.86. The van der Waals surface area contributed by atoms with E-state index < -0.39 is 5.82 Å². The molecule has 0 aliphatic rings. The number of nitrogens with zero attached hydrogens (tertiary/aromatic N) is 2. The van der Waals surface area contributed by atoms with Crippen LogP contribution in [0, 0.1) is 37.9 Å². The molecule has 2 aromatic carbocycles. The largest absolute Gasteiger partial charge is 0.455 e. The van der Waals surface area contributed by atoms with Crippen molar-refractivity contribution in [1.29, 1.82) is 5.26 Å². The van der Waals surface area contributed by atoms with E-state index in [1.54, 1.807) is 37.3 Å². The Morgan fingerprint density at radius 3 is 2.59 bits per heavy atom.